The summed E-state index contributed by atoms with van der Waals surface area (Å²) in [5.74, 6) is 0.832. The van der Waals surface area contributed by atoms with Crippen molar-refractivity contribution in [3.8, 4) is 0 Å². The van der Waals surface area contributed by atoms with Gasteiger partial charge >= 0.3 is 0 Å². The maximum absolute atomic E-state index is 12.6. The highest BCUT2D eigenvalue weighted by molar-refractivity contribution is 7.89. The third-order valence-corrected chi connectivity index (χ3v) is 7.44. The molecule has 0 radical (unpaired) electrons. The van der Waals surface area contributed by atoms with Gasteiger partial charge in [-0.2, -0.15) is 4.37 Å². The molecule has 1 unspecified atom stereocenters. The van der Waals surface area contributed by atoms with E-state index in [-0.39, 0.29) is 10.7 Å². The molecule has 2 aliphatic rings. The molecule has 1 aromatic rings. The standard InChI is InChI=1S/C14H24N4O2S2/c1-14(2,3)12-15-13(21-16-12)17-9-6-11(10-17)22(19,20)18-7-4-5-8-18/h11H,4-10H2,1-3H3. The summed E-state index contributed by atoms with van der Waals surface area (Å²) in [6, 6.07) is 0. The molecule has 0 aromatic carbocycles. The van der Waals surface area contributed by atoms with Crippen molar-refractivity contribution >= 4 is 26.7 Å². The molecule has 3 rings (SSSR count). The van der Waals surface area contributed by atoms with Crippen LogP contribution in [0.3, 0.4) is 0 Å². The maximum Gasteiger partial charge on any atom is 0.218 e. The Balaban J connectivity index is 1.71. The normalized spacial score (nSPS) is 24.3. The van der Waals surface area contributed by atoms with Gasteiger partial charge in [-0.1, -0.05) is 20.8 Å². The Morgan fingerprint density at radius 3 is 2.45 bits per heavy atom. The van der Waals surface area contributed by atoms with E-state index in [1.807, 2.05) is 0 Å². The molecule has 22 heavy (non-hydrogen) atoms. The Kier molecular flexibility index (Phi) is 4.20. The Labute approximate surface area is 136 Å². The van der Waals surface area contributed by atoms with E-state index in [2.05, 4.69) is 35.0 Å². The molecule has 8 heteroatoms. The van der Waals surface area contributed by atoms with E-state index in [0.717, 1.165) is 30.3 Å². The average Bonchev–Trinajstić information content (AvgIpc) is 3.18. The van der Waals surface area contributed by atoms with Crippen LogP contribution in [-0.2, 0) is 15.4 Å². The lowest BCUT2D eigenvalue weighted by Gasteiger charge is -2.21. The van der Waals surface area contributed by atoms with E-state index in [1.54, 1.807) is 4.31 Å². The molecular weight excluding hydrogens is 320 g/mol. The van der Waals surface area contributed by atoms with Crippen LogP contribution in [-0.4, -0.2) is 53.5 Å². The smallest absolute Gasteiger partial charge is 0.218 e. The van der Waals surface area contributed by atoms with Gasteiger partial charge in [0.1, 0.15) is 5.82 Å². The van der Waals surface area contributed by atoms with Crippen molar-refractivity contribution in [3.05, 3.63) is 5.82 Å². The molecule has 2 fully saturated rings. The van der Waals surface area contributed by atoms with Gasteiger partial charge in [0.05, 0.1) is 5.25 Å². The van der Waals surface area contributed by atoms with Gasteiger partial charge in [0, 0.05) is 43.1 Å². The number of anilines is 1. The summed E-state index contributed by atoms with van der Waals surface area (Å²) in [7, 11) is -3.15. The van der Waals surface area contributed by atoms with Crippen molar-refractivity contribution in [1.29, 1.82) is 0 Å². The molecule has 1 atom stereocenters. The van der Waals surface area contributed by atoms with Crippen LogP contribution < -0.4 is 4.90 Å². The summed E-state index contributed by atoms with van der Waals surface area (Å²) in [5, 5.41) is 0.552. The molecule has 2 saturated heterocycles. The Morgan fingerprint density at radius 2 is 1.86 bits per heavy atom. The van der Waals surface area contributed by atoms with Crippen LogP contribution in [0.15, 0.2) is 0 Å². The second kappa shape index (κ2) is 5.72. The minimum absolute atomic E-state index is 0.0739. The molecule has 3 heterocycles. The van der Waals surface area contributed by atoms with Gasteiger partial charge in [-0.05, 0) is 19.3 Å². The molecule has 0 spiro atoms. The number of rotatable bonds is 3. The number of sulfonamides is 1. The molecule has 0 N–H and O–H groups in total. The van der Waals surface area contributed by atoms with Crippen molar-refractivity contribution in [3.63, 3.8) is 0 Å². The first-order valence-corrected chi connectivity index (χ1v) is 10.1. The minimum Gasteiger partial charge on any atom is -0.345 e. The third kappa shape index (κ3) is 3.00. The van der Waals surface area contributed by atoms with E-state index in [1.165, 1.54) is 11.5 Å². The van der Waals surface area contributed by atoms with Crippen molar-refractivity contribution in [2.24, 2.45) is 0 Å². The van der Waals surface area contributed by atoms with Crippen molar-refractivity contribution < 1.29 is 8.42 Å². The second-order valence-corrected chi connectivity index (χ2v) is 10.1. The number of aromatic nitrogens is 2. The highest BCUT2D eigenvalue weighted by atomic mass is 32.2. The van der Waals surface area contributed by atoms with E-state index in [4.69, 9.17) is 0 Å². The van der Waals surface area contributed by atoms with Crippen LogP contribution in [0.2, 0.25) is 0 Å². The molecule has 6 nitrogen and oxygen atoms in total. The van der Waals surface area contributed by atoms with Crippen LogP contribution in [0.1, 0.15) is 45.9 Å². The molecular formula is C14H24N4O2S2. The van der Waals surface area contributed by atoms with Crippen LogP contribution >= 0.6 is 11.5 Å². The lowest BCUT2D eigenvalue weighted by Crippen LogP contribution is -2.38. The average molecular weight is 345 g/mol. The highest BCUT2D eigenvalue weighted by Gasteiger charge is 2.39. The Bertz CT molecular complexity index is 630. The first-order valence-electron chi connectivity index (χ1n) is 7.86. The van der Waals surface area contributed by atoms with Crippen LogP contribution in [0.25, 0.3) is 0 Å². The quantitative estimate of drug-likeness (QED) is 0.837. The van der Waals surface area contributed by atoms with Crippen LogP contribution in [0.5, 0.6) is 0 Å². The predicted molar refractivity (Wildman–Crippen MR) is 89.0 cm³/mol. The zero-order chi connectivity index (χ0) is 16.0. The fraction of sp³-hybridized carbons (Fsp3) is 0.857. The lowest BCUT2D eigenvalue weighted by atomic mass is 9.96. The summed E-state index contributed by atoms with van der Waals surface area (Å²) in [6.07, 6.45) is 2.66. The van der Waals surface area contributed by atoms with Gasteiger partial charge in [0.15, 0.2) is 0 Å². The van der Waals surface area contributed by atoms with Crippen molar-refractivity contribution in [2.75, 3.05) is 31.1 Å². The molecule has 2 aliphatic heterocycles. The van der Waals surface area contributed by atoms with E-state index >= 15 is 0 Å². The van der Waals surface area contributed by atoms with Crippen LogP contribution in [0, 0.1) is 0 Å². The predicted octanol–water partition coefficient (Wildman–Crippen LogP) is 1.84. The third-order valence-electron chi connectivity index (χ3n) is 4.35. The van der Waals surface area contributed by atoms with E-state index < -0.39 is 10.0 Å². The summed E-state index contributed by atoms with van der Waals surface area (Å²) in [6.45, 7) is 8.92. The summed E-state index contributed by atoms with van der Waals surface area (Å²) >= 11 is 1.37. The van der Waals surface area contributed by atoms with E-state index in [9.17, 15) is 8.42 Å². The van der Waals surface area contributed by atoms with E-state index in [0.29, 0.717) is 26.1 Å². The molecule has 1 aromatic heterocycles. The number of hydrogen-bond acceptors (Lipinski definition) is 6. The topological polar surface area (TPSA) is 66.4 Å². The van der Waals surface area contributed by atoms with Gasteiger partial charge in [0.25, 0.3) is 0 Å². The second-order valence-electron chi connectivity index (χ2n) is 7.16. The van der Waals surface area contributed by atoms with Gasteiger partial charge in [0.2, 0.25) is 15.2 Å². The zero-order valence-corrected chi connectivity index (χ0v) is 15.1. The Hall–Kier alpha value is -0.730. The maximum atomic E-state index is 12.6. The van der Waals surface area contributed by atoms with Crippen molar-refractivity contribution in [2.45, 2.75) is 50.7 Å². The van der Waals surface area contributed by atoms with Crippen molar-refractivity contribution in [1.82, 2.24) is 13.7 Å². The largest absolute Gasteiger partial charge is 0.345 e. The summed E-state index contributed by atoms with van der Waals surface area (Å²) < 4.78 is 31.4. The van der Waals surface area contributed by atoms with Gasteiger partial charge in [-0.3, -0.25) is 0 Å². The van der Waals surface area contributed by atoms with Gasteiger partial charge < -0.3 is 4.90 Å². The summed E-state index contributed by atoms with van der Waals surface area (Å²) in [4.78, 5) is 6.68. The fourth-order valence-corrected chi connectivity index (χ4v) is 5.80. The highest BCUT2D eigenvalue weighted by Crippen LogP contribution is 2.30. The van der Waals surface area contributed by atoms with Crippen LogP contribution in [0.4, 0.5) is 5.13 Å². The van der Waals surface area contributed by atoms with Gasteiger partial charge in [-0.25, -0.2) is 17.7 Å². The molecule has 124 valence electrons. The number of hydrogen-bond donors (Lipinski definition) is 0. The monoisotopic (exact) mass is 344 g/mol. The molecule has 0 saturated carbocycles. The molecule has 0 bridgehead atoms. The molecule has 0 amide bonds. The fourth-order valence-electron chi connectivity index (χ4n) is 2.95. The SMILES string of the molecule is CC(C)(C)c1nsc(N2CCC(S(=O)(=O)N3CCCC3)C2)n1. The zero-order valence-electron chi connectivity index (χ0n) is 13.4. The Morgan fingerprint density at radius 1 is 1.18 bits per heavy atom. The first kappa shape index (κ1) is 16.1. The molecule has 0 aliphatic carbocycles. The minimum atomic E-state index is -3.15. The van der Waals surface area contributed by atoms with Gasteiger partial charge in [-0.15, -0.1) is 0 Å². The first-order chi connectivity index (χ1) is 10.3. The lowest BCUT2D eigenvalue weighted by molar-refractivity contribution is 0.467. The summed E-state index contributed by atoms with van der Waals surface area (Å²) in [5.41, 5.74) is -0.0739. The number of nitrogens with zero attached hydrogens (tertiary/aromatic N) is 4.